The van der Waals surface area contributed by atoms with Crippen LogP contribution in [0.15, 0.2) is 18.3 Å². The number of rotatable bonds is 5. The molecule has 5 heteroatoms. The highest BCUT2D eigenvalue weighted by Gasteiger charge is 2.34. The van der Waals surface area contributed by atoms with E-state index in [1.165, 1.54) is 0 Å². The second-order valence-corrected chi connectivity index (χ2v) is 5.75. The maximum Gasteiger partial charge on any atom is 0.244 e. The van der Waals surface area contributed by atoms with Crippen molar-refractivity contribution in [3.63, 3.8) is 0 Å². The van der Waals surface area contributed by atoms with E-state index in [1.807, 2.05) is 19.1 Å². The van der Waals surface area contributed by atoms with Crippen molar-refractivity contribution in [1.82, 2.24) is 10.3 Å². The Kier molecular flexibility index (Phi) is 5.17. The number of hydrogen-bond acceptors (Lipinski definition) is 4. The maximum atomic E-state index is 12.4. The second-order valence-electron chi connectivity index (χ2n) is 5.75. The van der Waals surface area contributed by atoms with E-state index in [0.29, 0.717) is 0 Å². The second kappa shape index (κ2) is 6.89. The van der Waals surface area contributed by atoms with Crippen LogP contribution >= 0.6 is 0 Å². The highest BCUT2D eigenvalue weighted by atomic mass is 16.2. The van der Waals surface area contributed by atoms with Crippen LogP contribution in [0.3, 0.4) is 0 Å². The van der Waals surface area contributed by atoms with Gasteiger partial charge in [-0.05, 0) is 58.7 Å². The lowest BCUT2D eigenvalue weighted by Crippen LogP contribution is -2.54. The van der Waals surface area contributed by atoms with Gasteiger partial charge in [-0.1, -0.05) is 0 Å². The summed E-state index contributed by atoms with van der Waals surface area (Å²) in [5.74, 6) is 0.972. The molecule has 1 aromatic heterocycles. The standard InChI is InChI=1S/C16H26N4O/c1-4-20(5-2)14-9-8-13(12-17-14)19-15(21)16(3)10-6-7-11-18-16/h8-9,12,18H,4-7,10-11H2,1-3H3,(H,19,21). The first kappa shape index (κ1) is 15.8. The van der Waals surface area contributed by atoms with Crippen LogP contribution in [0.5, 0.6) is 0 Å². The third kappa shape index (κ3) is 3.73. The number of aromatic nitrogens is 1. The molecule has 5 nitrogen and oxygen atoms in total. The molecule has 0 radical (unpaired) electrons. The van der Waals surface area contributed by atoms with Crippen LogP contribution in [0.4, 0.5) is 11.5 Å². The van der Waals surface area contributed by atoms with E-state index in [-0.39, 0.29) is 5.91 Å². The molecule has 0 spiro atoms. The SMILES string of the molecule is CCN(CC)c1ccc(NC(=O)C2(C)CCCCN2)cn1. The zero-order chi connectivity index (χ0) is 15.3. The summed E-state index contributed by atoms with van der Waals surface area (Å²) in [7, 11) is 0. The van der Waals surface area contributed by atoms with Gasteiger partial charge in [0.15, 0.2) is 0 Å². The summed E-state index contributed by atoms with van der Waals surface area (Å²) in [6.07, 6.45) is 4.85. The minimum absolute atomic E-state index is 0.0274. The van der Waals surface area contributed by atoms with Gasteiger partial charge in [-0.2, -0.15) is 0 Å². The van der Waals surface area contributed by atoms with Crippen molar-refractivity contribution in [2.75, 3.05) is 29.9 Å². The Morgan fingerprint density at radius 1 is 1.38 bits per heavy atom. The molecule has 2 heterocycles. The molecule has 0 saturated carbocycles. The first-order valence-corrected chi connectivity index (χ1v) is 7.86. The average Bonchev–Trinajstić information content (AvgIpc) is 2.51. The summed E-state index contributed by atoms with van der Waals surface area (Å²) in [6.45, 7) is 8.95. The van der Waals surface area contributed by atoms with Crippen molar-refractivity contribution in [2.24, 2.45) is 0 Å². The van der Waals surface area contributed by atoms with Crippen molar-refractivity contribution >= 4 is 17.4 Å². The summed E-state index contributed by atoms with van der Waals surface area (Å²) < 4.78 is 0. The van der Waals surface area contributed by atoms with E-state index in [4.69, 9.17) is 0 Å². The Hall–Kier alpha value is -1.62. The van der Waals surface area contributed by atoms with Gasteiger partial charge in [0.25, 0.3) is 0 Å². The van der Waals surface area contributed by atoms with E-state index in [1.54, 1.807) is 6.20 Å². The van der Waals surface area contributed by atoms with Gasteiger partial charge in [0, 0.05) is 13.1 Å². The normalized spacial score (nSPS) is 21.9. The molecule has 21 heavy (non-hydrogen) atoms. The lowest BCUT2D eigenvalue weighted by Gasteiger charge is -2.33. The fourth-order valence-electron chi connectivity index (χ4n) is 2.71. The molecule has 0 aliphatic carbocycles. The van der Waals surface area contributed by atoms with Crippen molar-refractivity contribution in [1.29, 1.82) is 0 Å². The number of pyridine rings is 1. The molecule has 2 N–H and O–H groups in total. The molecule has 116 valence electrons. The number of hydrogen-bond donors (Lipinski definition) is 2. The van der Waals surface area contributed by atoms with Gasteiger partial charge in [-0.15, -0.1) is 0 Å². The average molecular weight is 290 g/mol. The molecule has 1 aliphatic heterocycles. The van der Waals surface area contributed by atoms with Crippen molar-refractivity contribution in [2.45, 2.75) is 45.6 Å². The molecule has 1 fully saturated rings. The number of anilines is 2. The van der Waals surface area contributed by atoms with Crippen molar-refractivity contribution in [3.8, 4) is 0 Å². The quantitative estimate of drug-likeness (QED) is 0.874. The van der Waals surface area contributed by atoms with Crippen LogP contribution in [0.2, 0.25) is 0 Å². The molecule has 0 bridgehead atoms. The fraction of sp³-hybridized carbons (Fsp3) is 0.625. The number of piperidine rings is 1. The predicted octanol–water partition coefficient (Wildman–Crippen LogP) is 2.40. The van der Waals surface area contributed by atoms with E-state index in [2.05, 4.69) is 34.4 Å². The van der Waals surface area contributed by atoms with E-state index >= 15 is 0 Å². The Bertz CT molecular complexity index is 462. The molecule has 0 aromatic carbocycles. The third-order valence-electron chi connectivity index (χ3n) is 4.21. The van der Waals surface area contributed by atoms with Crippen LogP contribution in [0.1, 0.15) is 40.0 Å². The Labute approximate surface area is 127 Å². The molecule has 1 aromatic rings. The third-order valence-corrected chi connectivity index (χ3v) is 4.21. The molecular formula is C16H26N4O. The molecular weight excluding hydrogens is 264 g/mol. The smallest absolute Gasteiger partial charge is 0.244 e. The molecule has 1 amide bonds. The number of carbonyl (C=O) groups excluding carboxylic acids is 1. The first-order chi connectivity index (χ1) is 10.1. The minimum Gasteiger partial charge on any atom is -0.357 e. The highest BCUT2D eigenvalue weighted by Crippen LogP contribution is 2.21. The van der Waals surface area contributed by atoms with Crippen LogP contribution in [0.25, 0.3) is 0 Å². The summed E-state index contributed by atoms with van der Waals surface area (Å²) in [5, 5.41) is 6.29. The van der Waals surface area contributed by atoms with Gasteiger partial charge in [-0.25, -0.2) is 4.98 Å². The summed E-state index contributed by atoms with van der Waals surface area (Å²) >= 11 is 0. The number of carbonyl (C=O) groups is 1. The number of amides is 1. The number of nitrogens with one attached hydrogen (secondary N) is 2. The number of nitrogens with zero attached hydrogens (tertiary/aromatic N) is 2. The van der Waals surface area contributed by atoms with Crippen LogP contribution in [-0.2, 0) is 4.79 Å². The Balaban J connectivity index is 2.01. The van der Waals surface area contributed by atoms with Gasteiger partial charge in [0.2, 0.25) is 5.91 Å². The van der Waals surface area contributed by atoms with E-state index < -0.39 is 5.54 Å². The monoisotopic (exact) mass is 290 g/mol. The van der Waals surface area contributed by atoms with Gasteiger partial charge in [-0.3, -0.25) is 4.79 Å². The van der Waals surface area contributed by atoms with E-state index in [9.17, 15) is 4.79 Å². The van der Waals surface area contributed by atoms with Crippen LogP contribution in [0, 0.1) is 0 Å². The Morgan fingerprint density at radius 2 is 2.14 bits per heavy atom. The lowest BCUT2D eigenvalue weighted by atomic mass is 9.90. The van der Waals surface area contributed by atoms with Gasteiger partial charge in [0.1, 0.15) is 5.82 Å². The largest absolute Gasteiger partial charge is 0.357 e. The zero-order valence-corrected chi connectivity index (χ0v) is 13.3. The van der Waals surface area contributed by atoms with Crippen molar-refractivity contribution in [3.05, 3.63) is 18.3 Å². The van der Waals surface area contributed by atoms with Gasteiger partial charge < -0.3 is 15.5 Å². The molecule has 1 saturated heterocycles. The van der Waals surface area contributed by atoms with Gasteiger partial charge >= 0.3 is 0 Å². The maximum absolute atomic E-state index is 12.4. The lowest BCUT2D eigenvalue weighted by molar-refractivity contribution is -0.122. The van der Waals surface area contributed by atoms with Gasteiger partial charge in [0.05, 0.1) is 17.4 Å². The summed E-state index contributed by atoms with van der Waals surface area (Å²) in [5.41, 5.74) is 0.292. The molecule has 2 rings (SSSR count). The highest BCUT2D eigenvalue weighted by molar-refractivity contribution is 5.97. The van der Waals surface area contributed by atoms with Crippen molar-refractivity contribution < 1.29 is 4.79 Å². The zero-order valence-electron chi connectivity index (χ0n) is 13.3. The van der Waals surface area contributed by atoms with Crippen LogP contribution in [-0.4, -0.2) is 36.1 Å². The molecule has 1 atom stereocenters. The minimum atomic E-state index is -0.463. The predicted molar refractivity (Wildman–Crippen MR) is 86.7 cm³/mol. The van der Waals surface area contributed by atoms with E-state index in [0.717, 1.165) is 50.4 Å². The van der Waals surface area contributed by atoms with Crippen LogP contribution < -0.4 is 15.5 Å². The summed E-state index contributed by atoms with van der Waals surface area (Å²) in [6, 6.07) is 3.88. The topological polar surface area (TPSA) is 57.3 Å². The first-order valence-electron chi connectivity index (χ1n) is 7.86. The summed E-state index contributed by atoms with van der Waals surface area (Å²) in [4.78, 5) is 19.0. The molecule has 1 aliphatic rings. The fourth-order valence-corrected chi connectivity index (χ4v) is 2.71. The molecule has 1 unspecified atom stereocenters. The Morgan fingerprint density at radius 3 is 2.67 bits per heavy atom.